The molecule has 0 aromatic carbocycles. The van der Waals surface area contributed by atoms with Gasteiger partial charge in [-0.05, 0) is 5.92 Å². The summed E-state index contributed by atoms with van der Waals surface area (Å²) in [6.07, 6.45) is 0.242. The molecule has 0 saturated heterocycles. The van der Waals surface area contributed by atoms with Crippen LogP contribution in [0.25, 0.3) is 0 Å². The Balaban J connectivity index is 4.76. The summed E-state index contributed by atoms with van der Waals surface area (Å²) in [6.45, 7) is 3.00. The number of carboxylic acid groups (broad SMARTS) is 1. The molecule has 0 radical (unpaired) electrons. The molecule has 0 aromatic rings. The van der Waals surface area contributed by atoms with Gasteiger partial charge in [0.2, 0.25) is 17.7 Å². The number of amides is 3. The summed E-state index contributed by atoms with van der Waals surface area (Å²) in [5.74, 6) is -3.46. The number of carbonyl (C=O) groups excluding carboxylic acids is 3. The van der Waals surface area contributed by atoms with Gasteiger partial charge in [-0.15, -0.1) is 0 Å². The molecule has 0 saturated carbocycles. The first kappa shape index (κ1) is 18.8. The maximum Gasteiger partial charge on any atom is 0.322 e. The van der Waals surface area contributed by atoms with Gasteiger partial charge in [-0.2, -0.15) is 0 Å². The van der Waals surface area contributed by atoms with Crippen molar-refractivity contribution in [2.45, 2.75) is 38.8 Å². The van der Waals surface area contributed by atoms with Crippen LogP contribution in [0.5, 0.6) is 0 Å². The molecule has 120 valence electrons. The second-order valence-electron chi connectivity index (χ2n) is 4.76. The lowest BCUT2D eigenvalue weighted by Crippen LogP contribution is -2.55. The van der Waals surface area contributed by atoms with Crippen LogP contribution in [0.3, 0.4) is 0 Å². The summed E-state index contributed by atoms with van der Waals surface area (Å²) in [5, 5.41) is 13.2. The van der Waals surface area contributed by atoms with E-state index in [1.54, 1.807) is 6.92 Å². The Labute approximate surface area is 122 Å². The van der Waals surface area contributed by atoms with Gasteiger partial charge in [0.15, 0.2) is 0 Å². The summed E-state index contributed by atoms with van der Waals surface area (Å²) in [5.41, 5.74) is 10.4. The zero-order chi connectivity index (χ0) is 16.6. The molecule has 21 heavy (non-hydrogen) atoms. The predicted molar refractivity (Wildman–Crippen MR) is 73.8 cm³/mol. The highest BCUT2D eigenvalue weighted by Gasteiger charge is 2.28. The minimum atomic E-state index is -1.19. The summed E-state index contributed by atoms with van der Waals surface area (Å²) >= 11 is 0. The quantitative estimate of drug-likeness (QED) is 0.328. The molecular formula is C12H22N4O5. The van der Waals surface area contributed by atoms with Crippen molar-refractivity contribution >= 4 is 23.7 Å². The van der Waals surface area contributed by atoms with Crippen LogP contribution in [-0.4, -0.2) is 47.4 Å². The second kappa shape index (κ2) is 8.90. The van der Waals surface area contributed by atoms with Crippen molar-refractivity contribution in [3.05, 3.63) is 0 Å². The average Bonchev–Trinajstić information content (AvgIpc) is 2.40. The number of nitrogens with one attached hydrogen (secondary N) is 2. The molecule has 9 heteroatoms. The van der Waals surface area contributed by atoms with Gasteiger partial charge in [-0.3, -0.25) is 19.2 Å². The molecule has 0 aliphatic carbocycles. The smallest absolute Gasteiger partial charge is 0.322 e. The van der Waals surface area contributed by atoms with E-state index < -0.39 is 42.3 Å². The number of primary amides is 1. The van der Waals surface area contributed by atoms with Gasteiger partial charge in [0.25, 0.3) is 0 Å². The molecule has 0 aromatic heterocycles. The van der Waals surface area contributed by atoms with Crippen LogP contribution in [-0.2, 0) is 19.2 Å². The average molecular weight is 302 g/mol. The van der Waals surface area contributed by atoms with E-state index in [1.165, 1.54) is 0 Å². The minimum Gasteiger partial charge on any atom is -0.480 e. The van der Waals surface area contributed by atoms with Crippen molar-refractivity contribution < 1.29 is 24.3 Å². The number of nitrogens with two attached hydrogens (primary N) is 2. The van der Waals surface area contributed by atoms with Crippen molar-refractivity contribution in [1.82, 2.24) is 10.6 Å². The van der Waals surface area contributed by atoms with E-state index in [2.05, 4.69) is 10.6 Å². The fraction of sp³-hybridized carbons (Fsp3) is 0.667. The predicted octanol–water partition coefficient (Wildman–Crippen LogP) is -2.08. The van der Waals surface area contributed by atoms with Crippen LogP contribution in [0, 0.1) is 5.92 Å². The lowest BCUT2D eigenvalue weighted by molar-refractivity contribution is -0.138. The Morgan fingerprint density at radius 3 is 2.19 bits per heavy atom. The van der Waals surface area contributed by atoms with Crippen LogP contribution in [0.1, 0.15) is 26.7 Å². The number of rotatable bonds is 9. The number of carboxylic acids is 1. The monoisotopic (exact) mass is 302 g/mol. The van der Waals surface area contributed by atoms with E-state index in [4.69, 9.17) is 16.6 Å². The summed E-state index contributed by atoms with van der Waals surface area (Å²) in [6, 6.07) is -2.08. The standard InChI is InChI=1S/C12H22N4O5/c1-3-6(2)10(12(21)15-5-9(18)19)16-11(20)7(13)4-8(14)17/h6-7,10H,3-5,13H2,1-2H3,(H2,14,17)(H,15,21)(H,16,20)(H,18,19)/t6-,7-,10-/m0/s1. The van der Waals surface area contributed by atoms with Crippen molar-refractivity contribution in [2.75, 3.05) is 6.54 Å². The Kier molecular flexibility index (Phi) is 7.99. The van der Waals surface area contributed by atoms with E-state index in [9.17, 15) is 19.2 Å². The van der Waals surface area contributed by atoms with Crippen LogP contribution < -0.4 is 22.1 Å². The third kappa shape index (κ3) is 7.25. The summed E-state index contributed by atoms with van der Waals surface area (Å²) < 4.78 is 0. The van der Waals surface area contributed by atoms with Gasteiger partial charge in [0.05, 0.1) is 12.5 Å². The first-order valence-electron chi connectivity index (χ1n) is 6.52. The number of aliphatic carboxylic acids is 1. The van der Waals surface area contributed by atoms with Crippen molar-refractivity contribution in [1.29, 1.82) is 0 Å². The Morgan fingerprint density at radius 2 is 1.76 bits per heavy atom. The molecule has 0 aliphatic heterocycles. The molecule has 0 bridgehead atoms. The third-order valence-corrected chi connectivity index (χ3v) is 2.96. The van der Waals surface area contributed by atoms with Gasteiger partial charge < -0.3 is 27.2 Å². The fourth-order valence-corrected chi connectivity index (χ4v) is 1.54. The molecule has 0 aliphatic rings. The van der Waals surface area contributed by atoms with Crippen LogP contribution >= 0.6 is 0 Å². The summed E-state index contributed by atoms with van der Waals surface area (Å²) in [7, 11) is 0. The topological polar surface area (TPSA) is 165 Å². The first-order chi connectivity index (χ1) is 9.68. The Bertz CT molecular complexity index is 412. The van der Waals surface area contributed by atoms with Gasteiger partial charge >= 0.3 is 5.97 Å². The third-order valence-electron chi connectivity index (χ3n) is 2.96. The maximum atomic E-state index is 11.9. The van der Waals surface area contributed by atoms with E-state index in [1.807, 2.05) is 6.92 Å². The van der Waals surface area contributed by atoms with E-state index >= 15 is 0 Å². The van der Waals surface area contributed by atoms with E-state index in [0.29, 0.717) is 6.42 Å². The van der Waals surface area contributed by atoms with Crippen LogP contribution in [0.4, 0.5) is 0 Å². The highest BCUT2D eigenvalue weighted by molar-refractivity contribution is 5.93. The largest absolute Gasteiger partial charge is 0.480 e. The number of hydrogen-bond donors (Lipinski definition) is 5. The van der Waals surface area contributed by atoms with Crippen molar-refractivity contribution in [3.8, 4) is 0 Å². The van der Waals surface area contributed by atoms with Gasteiger partial charge in [0, 0.05) is 0 Å². The number of hydrogen-bond acceptors (Lipinski definition) is 5. The first-order valence-corrected chi connectivity index (χ1v) is 6.52. The molecule has 9 nitrogen and oxygen atoms in total. The lowest BCUT2D eigenvalue weighted by Gasteiger charge is -2.24. The molecular weight excluding hydrogens is 280 g/mol. The van der Waals surface area contributed by atoms with Gasteiger partial charge in [-0.1, -0.05) is 20.3 Å². The molecule has 0 rings (SSSR count). The summed E-state index contributed by atoms with van der Waals surface area (Å²) in [4.78, 5) is 44.9. The van der Waals surface area contributed by atoms with E-state index in [0.717, 1.165) is 0 Å². The highest BCUT2D eigenvalue weighted by Crippen LogP contribution is 2.08. The molecule has 0 fully saturated rings. The molecule has 0 heterocycles. The molecule has 0 unspecified atom stereocenters. The molecule has 3 amide bonds. The van der Waals surface area contributed by atoms with Crippen molar-refractivity contribution in [2.24, 2.45) is 17.4 Å². The number of carbonyl (C=O) groups is 4. The molecule has 3 atom stereocenters. The van der Waals surface area contributed by atoms with Gasteiger partial charge in [-0.25, -0.2) is 0 Å². The van der Waals surface area contributed by atoms with Gasteiger partial charge in [0.1, 0.15) is 12.6 Å². The van der Waals surface area contributed by atoms with Crippen LogP contribution in [0.15, 0.2) is 0 Å². The second-order valence-corrected chi connectivity index (χ2v) is 4.76. The highest BCUT2D eigenvalue weighted by atomic mass is 16.4. The van der Waals surface area contributed by atoms with E-state index in [-0.39, 0.29) is 12.3 Å². The SMILES string of the molecule is CC[C@H](C)[C@H](NC(=O)[C@@H](N)CC(N)=O)C(=O)NCC(=O)O. The zero-order valence-corrected chi connectivity index (χ0v) is 12.1. The zero-order valence-electron chi connectivity index (χ0n) is 12.1. The Hall–Kier alpha value is -2.16. The normalized spacial score (nSPS) is 14.6. The van der Waals surface area contributed by atoms with Crippen molar-refractivity contribution in [3.63, 3.8) is 0 Å². The minimum absolute atomic E-state index is 0.233. The molecule has 0 spiro atoms. The Morgan fingerprint density at radius 1 is 1.19 bits per heavy atom. The molecule has 7 N–H and O–H groups in total. The maximum absolute atomic E-state index is 11.9. The fourth-order valence-electron chi connectivity index (χ4n) is 1.54. The lowest BCUT2D eigenvalue weighted by atomic mass is 9.97. The van der Waals surface area contributed by atoms with Crippen LogP contribution in [0.2, 0.25) is 0 Å².